The smallest absolute Gasteiger partial charge is 0.407 e. The van der Waals surface area contributed by atoms with Crippen LogP contribution in [0.5, 0.6) is 5.75 Å². The van der Waals surface area contributed by atoms with E-state index >= 15 is 0 Å². The molecule has 0 aromatic heterocycles. The highest BCUT2D eigenvalue weighted by molar-refractivity contribution is 5.67. The standard InChI is InChI=1S/C18H17F2NO3/c19-16-10-14(22)11-17(20)15(16)8-4-5-9-21-18(23)24-12-13-6-2-1-3-7-13/h1-4,6-8,10-11,22H,5,9,12H2,(H,21,23). The van der Waals surface area contributed by atoms with E-state index in [0.717, 1.165) is 17.7 Å². The monoisotopic (exact) mass is 333 g/mol. The Morgan fingerprint density at radius 1 is 1.17 bits per heavy atom. The van der Waals surface area contributed by atoms with Crippen LogP contribution in [0.3, 0.4) is 0 Å². The molecule has 0 fully saturated rings. The molecule has 0 heterocycles. The van der Waals surface area contributed by atoms with Gasteiger partial charge in [0.25, 0.3) is 0 Å². The van der Waals surface area contributed by atoms with Crippen LogP contribution in [0.4, 0.5) is 13.6 Å². The van der Waals surface area contributed by atoms with Crippen LogP contribution in [0.1, 0.15) is 17.5 Å². The first kappa shape index (κ1) is 17.5. The van der Waals surface area contributed by atoms with E-state index in [4.69, 9.17) is 9.84 Å². The first-order chi connectivity index (χ1) is 11.6. The van der Waals surface area contributed by atoms with Gasteiger partial charge in [0.2, 0.25) is 0 Å². The molecule has 2 aromatic rings. The van der Waals surface area contributed by atoms with E-state index in [1.165, 1.54) is 12.2 Å². The minimum Gasteiger partial charge on any atom is -0.508 e. The van der Waals surface area contributed by atoms with E-state index < -0.39 is 23.5 Å². The van der Waals surface area contributed by atoms with Crippen LogP contribution < -0.4 is 5.32 Å². The molecule has 0 spiro atoms. The SMILES string of the molecule is O=C(NCCC=Cc1c(F)cc(O)cc1F)OCc1ccccc1. The first-order valence-electron chi connectivity index (χ1n) is 7.35. The zero-order chi connectivity index (χ0) is 17.4. The van der Waals surface area contributed by atoms with Crippen molar-refractivity contribution in [1.82, 2.24) is 5.32 Å². The van der Waals surface area contributed by atoms with Crippen molar-refractivity contribution in [1.29, 1.82) is 0 Å². The average molecular weight is 333 g/mol. The molecule has 6 heteroatoms. The van der Waals surface area contributed by atoms with Gasteiger partial charge in [-0.1, -0.05) is 42.5 Å². The van der Waals surface area contributed by atoms with Crippen LogP contribution in [0, 0.1) is 11.6 Å². The molecule has 0 saturated carbocycles. The maximum Gasteiger partial charge on any atom is 0.407 e. The number of nitrogens with one attached hydrogen (secondary N) is 1. The number of amides is 1. The minimum absolute atomic E-state index is 0.173. The summed E-state index contributed by atoms with van der Waals surface area (Å²) in [5.41, 5.74) is 0.644. The summed E-state index contributed by atoms with van der Waals surface area (Å²) >= 11 is 0. The summed E-state index contributed by atoms with van der Waals surface area (Å²) in [6, 6.07) is 10.9. The number of aromatic hydroxyl groups is 1. The Morgan fingerprint density at radius 2 is 1.83 bits per heavy atom. The molecule has 2 N–H and O–H groups in total. The van der Waals surface area contributed by atoms with Gasteiger partial charge in [0.1, 0.15) is 24.0 Å². The first-order valence-corrected chi connectivity index (χ1v) is 7.35. The number of ether oxygens (including phenoxy) is 1. The summed E-state index contributed by atoms with van der Waals surface area (Å²) in [5.74, 6) is -2.16. The summed E-state index contributed by atoms with van der Waals surface area (Å²) in [7, 11) is 0. The van der Waals surface area contributed by atoms with E-state index in [1.54, 1.807) is 0 Å². The molecule has 2 rings (SSSR count). The lowest BCUT2D eigenvalue weighted by Crippen LogP contribution is -2.24. The summed E-state index contributed by atoms with van der Waals surface area (Å²) in [6.07, 6.45) is 2.60. The number of phenolic OH excluding ortho intramolecular Hbond substituents is 1. The molecule has 0 aliphatic heterocycles. The number of phenols is 1. The molecule has 24 heavy (non-hydrogen) atoms. The van der Waals surface area contributed by atoms with E-state index in [1.807, 2.05) is 30.3 Å². The normalized spacial score (nSPS) is 10.8. The van der Waals surface area contributed by atoms with Gasteiger partial charge in [0, 0.05) is 24.2 Å². The predicted octanol–water partition coefficient (Wildman–Crippen LogP) is 4.00. The van der Waals surface area contributed by atoms with Crippen molar-refractivity contribution < 1.29 is 23.4 Å². The molecular formula is C18H17F2NO3. The van der Waals surface area contributed by atoms with Gasteiger partial charge in [-0.05, 0) is 12.0 Å². The number of alkyl carbamates (subject to hydrolysis) is 1. The molecule has 1 amide bonds. The zero-order valence-electron chi connectivity index (χ0n) is 12.8. The fourth-order valence-electron chi connectivity index (χ4n) is 1.96. The fraction of sp³-hybridized carbons (Fsp3) is 0.167. The molecule has 4 nitrogen and oxygen atoms in total. The maximum atomic E-state index is 13.5. The minimum atomic E-state index is -0.848. The molecule has 0 aliphatic rings. The average Bonchev–Trinajstić information content (AvgIpc) is 2.55. The van der Waals surface area contributed by atoms with Crippen molar-refractivity contribution in [2.24, 2.45) is 0 Å². The second-order valence-corrected chi connectivity index (χ2v) is 5.00. The van der Waals surface area contributed by atoms with Gasteiger partial charge in [-0.3, -0.25) is 0 Å². The summed E-state index contributed by atoms with van der Waals surface area (Å²) in [6.45, 7) is 0.442. The second kappa shape index (κ2) is 8.67. The fourth-order valence-corrected chi connectivity index (χ4v) is 1.96. The molecular weight excluding hydrogens is 316 g/mol. The Balaban J connectivity index is 1.72. The van der Waals surface area contributed by atoms with Gasteiger partial charge in [0.05, 0.1) is 0 Å². The van der Waals surface area contributed by atoms with Gasteiger partial charge < -0.3 is 15.2 Å². The quantitative estimate of drug-likeness (QED) is 0.786. The Kier molecular flexibility index (Phi) is 6.31. The highest BCUT2D eigenvalue weighted by Gasteiger charge is 2.07. The van der Waals surface area contributed by atoms with E-state index in [9.17, 15) is 13.6 Å². The lowest BCUT2D eigenvalue weighted by molar-refractivity contribution is 0.140. The van der Waals surface area contributed by atoms with Gasteiger partial charge in [0.15, 0.2) is 0 Å². The number of hydrogen-bond acceptors (Lipinski definition) is 3. The van der Waals surface area contributed by atoms with Crippen molar-refractivity contribution in [2.75, 3.05) is 6.54 Å². The topological polar surface area (TPSA) is 58.6 Å². The van der Waals surface area contributed by atoms with Gasteiger partial charge in [-0.25, -0.2) is 13.6 Å². The third-order valence-electron chi connectivity index (χ3n) is 3.14. The van der Waals surface area contributed by atoms with Gasteiger partial charge in [-0.15, -0.1) is 0 Å². The third kappa shape index (κ3) is 5.39. The highest BCUT2D eigenvalue weighted by atomic mass is 19.1. The molecule has 2 aromatic carbocycles. The molecule has 0 unspecified atom stereocenters. The molecule has 0 radical (unpaired) electrons. The largest absolute Gasteiger partial charge is 0.508 e. The summed E-state index contributed by atoms with van der Waals surface area (Å²) in [4.78, 5) is 11.5. The Bertz CT molecular complexity index is 694. The van der Waals surface area contributed by atoms with Crippen molar-refractivity contribution in [3.63, 3.8) is 0 Å². The van der Waals surface area contributed by atoms with Crippen LogP contribution in [0.2, 0.25) is 0 Å². The lowest BCUT2D eigenvalue weighted by atomic mass is 10.1. The van der Waals surface area contributed by atoms with Crippen LogP contribution in [0.15, 0.2) is 48.5 Å². The van der Waals surface area contributed by atoms with E-state index in [0.29, 0.717) is 6.42 Å². The zero-order valence-corrected chi connectivity index (χ0v) is 12.8. The number of carbonyl (C=O) groups is 1. The van der Waals surface area contributed by atoms with Gasteiger partial charge in [-0.2, -0.15) is 0 Å². The van der Waals surface area contributed by atoms with Crippen LogP contribution in [-0.4, -0.2) is 17.7 Å². The van der Waals surface area contributed by atoms with Crippen LogP contribution in [-0.2, 0) is 11.3 Å². The van der Waals surface area contributed by atoms with Crippen molar-refractivity contribution in [3.05, 3.63) is 71.3 Å². The second-order valence-electron chi connectivity index (χ2n) is 5.00. The van der Waals surface area contributed by atoms with Crippen molar-refractivity contribution in [3.8, 4) is 5.75 Å². The Morgan fingerprint density at radius 3 is 2.50 bits per heavy atom. The predicted molar refractivity (Wildman–Crippen MR) is 86.3 cm³/mol. The molecule has 0 aliphatic carbocycles. The number of carbonyl (C=O) groups excluding carboxylic acids is 1. The molecule has 0 bridgehead atoms. The third-order valence-corrected chi connectivity index (χ3v) is 3.14. The molecule has 0 atom stereocenters. The number of hydrogen-bond donors (Lipinski definition) is 2. The van der Waals surface area contributed by atoms with Crippen molar-refractivity contribution >= 4 is 12.2 Å². The van der Waals surface area contributed by atoms with Crippen molar-refractivity contribution in [2.45, 2.75) is 13.0 Å². The van der Waals surface area contributed by atoms with Crippen LogP contribution >= 0.6 is 0 Å². The molecule has 0 saturated heterocycles. The van der Waals surface area contributed by atoms with E-state index in [-0.39, 0.29) is 18.7 Å². The summed E-state index contributed by atoms with van der Waals surface area (Å²) in [5, 5.41) is 11.6. The van der Waals surface area contributed by atoms with E-state index in [2.05, 4.69) is 5.32 Å². The van der Waals surface area contributed by atoms with Gasteiger partial charge >= 0.3 is 6.09 Å². The number of halogens is 2. The Hall–Kier alpha value is -2.89. The van der Waals surface area contributed by atoms with Crippen LogP contribution in [0.25, 0.3) is 6.08 Å². The summed E-state index contributed by atoms with van der Waals surface area (Å²) < 4.78 is 32.0. The Labute approximate surface area is 138 Å². The number of benzene rings is 2. The lowest BCUT2D eigenvalue weighted by Gasteiger charge is -2.06. The number of rotatable bonds is 6. The maximum absolute atomic E-state index is 13.5. The molecule has 126 valence electrons. The highest BCUT2D eigenvalue weighted by Crippen LogP contribution is 2.20.